The summed E-state index contributed by atoms with van der Waals surface area (Å²) in [6, 6.07) is 78.3. The molecule has 2 heterocycles. The number of rotatable bonds is 3. The Morgan fingerprint density at radius 2 is 0.694 bits per heavy atom. The second-order valence-electron chi connectivity index (χ2n) is 16.9. The summed E-state index contributed by atoms with van der Waals surface area (Å²) in [7, 11) is 0. The first-order valence-corrected chi connectivity index (χ1v) is 21.4. The van der Waals surface area contributed by atoms with Crippen molar-refractivity contribution in [3.63, 3.8) is 0 Å². The van der Waals surface area contributed by atoms with E-state index in [1.54, 1.807) is 0 Å². The van der Waals surface area contributed by atoms with Crippen molar-refractivity contribution in [1.29, 1.82) is 0 Å². The SMILES string of the molecule is c1ccc(-n2c3cc4ccccc4cc3c3cc4c5ccccc5c5cc(-c6ccc7oc8ccc(-c9ccc%10ccc%11ccccc%11c%10c9)cc8c7c6)ccc5c4cc32)cc1. The van der Waals surface area contributed by atoms with Crippen molar-refractivity contribution in [3.05, 3.63) is 212 Å². The van der Waals surface area contributed by atoms with E-state index >= 15 is 0 Å². The predicted octanol–water partition coefficient (Wildman–Crippen LogP) is 16.9. The van der Waals surface area contributed by atoms with Crippen LogP contribution in [0.15, 0.2) is 217 Å². The number of nitrogens with zero attached hydrogens (tertiary/aromatic N) is 1. The molecule has 0 aliphatic carbocycles. The molecule has 0 unspecified atom stereocenters. The average molecular weight is 786 g/mol. The summed E-state index contributed by atoms with van der Waals surface area (Å²) >= 11 is 0. The zero-order chi connectivity index (χ0) is 40.5. The van der Waals surface area contributed by atoms with Crippen LogP contribution in [-0.4, -0.2) is 4.57 Å². The minimum absolute atomic E-state index is 0.897. The van der Waals surface area contributed by atoms with Crippen LogP contribution >= 0.6 is 0 Å². The molecule has 0 spiro atoms. The fourth-order valence-corrected chi connectivity index (χ4v) is 10.5. The van der Waals surface area contributed by atoms with E-state index in [4.69, 9.17) is 4.42 Å². The van der Waals surface area contributed by atoms with Crippen molar-refractivity contribution < 1.29 is 4.42 Å². The number of aromatic nitrogens is 1. The number of hydrogen-bond acceptors (Lipinski definition) is 1. The lowest BCUT2D eigenvalue weighted by Gasteiger charge is -2.14. The van der Waals surface area contributed by atoms with Gasteiger partial charge in [0.15, 0.2) is 0 Å². The van der Waals surface area contributed by atoms with Crippen LogP contribution in [0.1, 0.15) is 0 Å². The Bertz CT molecular complexity index is 4210. The van der Waals surface area contributed by atoms with Crippen LogP contribution < -0.4 is 0 Å². The van der Waals surface area contributed by atoms with Gasteiger partial charge >= 0.3 is 0 Å². The maximum Gasteiger partial charge on any atom is 0.135 e. The molecule has 0 fully saturated rings. The van der Waals surface area contributed by atoms with Gasteiger partial charge in [0.25, 0.3) is 0 Å². The number of para-hydroxylation sites is 1. The highest BCUT2D eigenvalue weighted by Gasteiger charge is 2.18. The summed E-state index contributed by atoms with van der Waals surface area (Å²) in [5.74, 6) is 0. The van der Waals surface area contributed by atoms with Gasteiger partial charge in [-0.05, 0) is 160 Å². The number of fused-ring (bicyclic) bond motifs is 16. The predicted molar refractivity (Wildman–Crippen MR) is 264 cm³/mol. The molecular formula is C60H35NO. The molecule has 0 atom stereocenters. The van der Waals surface area contributed by atoms with Gasteiger partial charge in [-0.15, -0.1) is 0 Å². The van der Waals surface area contributed by atoms with Crippen LogP contribution in [-0.2, 0) is 0 Å². The molecule has 62 heavy (non-hydrogen) atoms. The maximum atomic E-state index is 6.46. The highest BCUT2D eigenvalue weighted by atomic mass is 16.3. The van der Waals surface area contributed by atoms with E-state index in [0.717, 1.165) is 27.6 Å². The monoisotopic (exact) mass is 785 g/mol. The minimum atomic E-state index is 0.897. The molecule has 0 aliphatic heterocycles. The van der Waals surface area contributed by atoms with Gasteiger partial charge in [0, 0.05) is 27.2 Å². The summed E-state index contributed by atoms with van der Waals surface area (Å²) in [5, 5.41) is 19.9. The van der Waals surface area contributed by atoms with Crippen LogP contribution in [0.5, 0.6) is 0 Å². The molecule has 0 saturated carbocycles. The van der Waals surface area contributed by atoms with E-state index in [9.17, 15) is 0 Å². The van der Waals surface area contributed by atoms with Crippen molar-refractivity contribution in [2.24, 2.45) is 0 Å². The molecule has 2 aromatic heterocycles. The van der Waals surface area contributed by atoms with E-state index in [1.165, 1.54) is 109 Å². The molecule has 0 amide bonds. The molecule has 12 aromatic carbocycles. The molecule has 0 radical (unpaired) electrons. The van der Waals surface area contributed by atoms with Crippen LogP contribution in [0.3, 0.4) is 0 Å². The van der Waals surface area contributed by atoms with Crippen molar-refractivity contribution in [3.8, 4) is 27.9 Å². The van der Waals surface area contributed by atoms with Gasteiger partial charge in [0.2, 0.25) is 0 Å². The van der Waals surface area contributed by atoms with Crippen molar-refractivity contribution in [2.45, 2.75) is 0 Å². The quantitative estimate of drug-likeness (QED) is 0.163. The van der Waals surface area contributed by atoms with E-state index in [0.29, 0.717) is 0 Å². The second kappa shape index (κ2) is 12.7. The first-order chi connectivity index (χ1) is 30.7. The standard InChI is InChI=1S/C60H35NO/c1-2-13-44(14-3-1)61-57-33-39-12-5-4-11-38(39)30-53(57)54-34-51-47-17-9-8-16-46(47)50-29-41(22-25-48(50)52(51)35-58(54)61)43-24-27-60-56(32-43)55-31-42(23-26-59(55)62-60)40-21-20-37-19-18-36-10-6-7-15-45(36)49(37)28-40/h1-35H. The van der Waals surface area contributed by atoms with Gasteiger partial charge in [-0.25, -0.2) is 0 Å². The molecule has 0 bridgehead atoms. The fourth-order valence-electron chi connectivity index (χ4n) is 10.5. The molecule has 0 aliphatic rings. The Kier molecular flexibility index (Phi) is 6.86. The van der Waals surface area contributed by atoms with Crippen LogP contribution in [0.4, 0.5) is 0 Å². The Morgan fingerprint density at radius 1 is 0.242 bits per heavy atom. The summed E-state index contributed by atoms with van der Waals surface area (Å²) in [4.78, 5) is 0. The maximum absolute atomic E-state index is 6.46. The molecule has 14 aromatic rings. The van der Waals surface area contributed by atoms with Crippen LogP contribution in [0.25, 0.3) is 136 Å². The van der Waals surface area contributed by atoms with Gasteiger partial charge < -0.3 is 8.98 Å². The number of furan rings is 1. The lowest BCUT2D eigenvalue weighted by atomic mass is 9.91. The Morgan fingerprint density at radius 3 is 1.40 bits per heavy atom. The lowest BCUT2D eigenvalue weighted by molar-refractivity contribution is 0.669. The van der Waals surface area contributed by atoms with Crippen molar-refractivity contribution in [1.82, 2.24) is 4.57 Å². The lowest BCUT2D eigenvalue weighted by Crippen LogP contribution is -1.93. The minimum Gasteiger partial charge on any atom is -0.456 e. The largest absolute Gasteiger partial charge is 0.456 e. The molecular weight excluding hydrogens is 751 g/mol. The molecule has 286 valence electrons. The van der Waals surface area contributed by atoms with Gasteiger partial charge in [0.05, 0.1) is 11.0 Å². The van der Waals surface area contributed by atoms with Gasteiger partial charge in [-0.2, -0.15) is 0 Å². The fraction of sp³-hybridized carbons (Fsp3) is 0. The third kappa shape index (κ3) is 4.86. The van der Waals surface area contributed by atoms with Crippen LogP contribution in [0.2, 0.25) is 0 Å². The van der Waals surface area contributed by atoms with E-state index in [2.05, 4.69) is 217 Å². The first-order valence-electron chi connectivity index (χ1n) is 21.4. The second-order valence-corrected chi connectivity index (χ2v) is 16.9. The zero-order valence-electron chi connectivity index (χ0n) is 33.6. The highest BCUT2D eigenvalue weighted by molar-refractivity contribution is 6.29. The Hall–Kier alpha value is -8.20. The third-order valence-corrected chi connectivity index (χ3v) is 13.5. The molecule has 2 nitrogen and oxygen atoms in total. The van der Waals surface area contributed by atoms with Crippen molar-refractivity contribution >= 4 is 108 Å². The number of benzene rings is 12. The summed E-state index contributed by atoms with van der Waals surface area (Å²) in [6.45, 7) is 0. The average Bonchev–Trinajstić information content (AvgIpc) is 3.86. The third-order valence-electron chi connectivity index (χ3n) is 13.5. The Labute approximate surface area is 356 Å². The zero-order valence-corrected chi connectivity index (χ0v) is 33.6. The topological polar surface area (TPSA) is 18.1 Å². The van der Waals surface area contributed by atoms with Crippen molar-refractivity contribution in [2.75, 3.05) is 0 Å². The van der Waals surface area contributed by atoms with E-state index in [-0.39, 0.29) is 0 Å². The molecule has 0 N–H and O–H groups in total. The van der Waals surface area contributed by atoms with E-state index in [1.807, 2.05) is 0 Å². The first kappa shape index (κ1) is 33.6. The summed E-state index contributed by atoms with van der Waals surface area (Å²) < 4.78 is 8.91. The number of hydrogen-bond donors (Lipinski definition) is 0. The smallest absolute Gasteiger partial charge is 0.135 e. The highest BCUT2D eigenvalue weighted by Crippen LogP contribution is 2.44. The Balaban J connectivity index is 0.959. The molecule has 0 saturated heterocycles. The summed E-state index contributed by atoms with van der Waals surface area (Å²) in [5.41, 5.74) is 10.1. The van der Waals surface area contributed by atoms with Gasteiger partial charge in [-0.1, -0.05) is 140 Å². The van der Waals surface area contributed by atoms with Gasteiger partial charge in [-0.3, -0.25) is 0 Å². The molecule has 2 heteroatoms. The molecule has 14 rings (SSSR count). The van der Waals surface area contributed by atoms with Gasteiger partial charge in [0.1, 0.15) is 11.2 Å². The normalized spacial score (nSPS) is 12.2. The summed E-state index contributed by atoms with van der Waals surface area (Å²) in [6.07, 6.45) is 0. The van der Waals surface area contributed by atoms with Crippen LogP contribution in [0, 0.1) is 0 Å². The van der Waals surface area contributed by atoms with E-state index < -0.39 is 0 Å².